The molecule has 122 valence electrons. The summed E-state index contributed by atoms with van der Waals surface area (Å²) in [5.74, 6) is -0.309. The number of hydrogen-bond acceptors (Lipinski definition) is 4. The summed E-state index contributed by atoms with van der Waals surface area (Å²) in [6.07, 6.45) is 0.593. The Bertz CT molecular complexity index is 1000. The van der Waals surface area contributed by atoms with Gasteiger partial charge < -0.3 is 9.32 Å². The molecule has 24 heavy (non-hydrogen) atoms. The number of hydrogen-bond donors (Lipinski definition) is 0. The maximum absolute atomic E-state index is 12.5. The minimum absolute atomic E-state index is 0.0666. The van der Waals surface area contributed by atoms with E-state index in [4.69, 9.17) is 4.42 Å². The van der Waals surface area contributed by atoms with E-state index in [0.29, 0.717) is 29.8 Å². The zero-order valence-corrected chi connectivity index (χ0v) is 13.4. The van der Waals surface area contributed by atoms with E-state index in [-0.39, 0.29) is 17.5 Å². The van der Waals surface area contributed by atoms with Crippen molar-refractivity contribution in [2.24, 2.45) is 5.92 Å². The smallest absolute Gasteiger partial charge is 0.297 e. The lowest BCUT2D eigenvalue weighted by Gasteiger charge is -2.19. The number of rotatable bonds is 2. The quantitative estimate of drug-likeness (QED) is 0.526. The van der Waals surface area contributed by atoms with Gasteiger partial charge in [0.2, 0.25) is 5.91 Å². The predicted molar refractivity (Wildman–Crippen MR) is 91.3 cm³/mol. The summed E-state index contributed by atoms with van der Waals surface area (Å²) in [6, 6.07) is 9.02. The predicted octanol–water partition coefficient (Wildman–Crippen LogP) is 4.04. The Hall–Kier alpha value is -2.89. The molecule has 6 nitrogen and oxygen atoms in total. The van der Waals surface area contributed by atoms with Crippen molar-refractivity contribution >= 4 is 39.2 Å². The van der Waals surface area contributed by atoms with Crippen LogP contribution >= 0.6 is 0 Å². The maximum Gasteiger partial charge on any atom is 0.297 e. The van der Waals surface area contributed by atoms with Gasteiger partial charge in [0.1, 0.15) is 16.9 Å². The molecule has 0 N–H and O–H groups in total. The third kappa shape index (κ3) is 1.92. The Morgan fingerprint density at radius 3 is 2.75 bits per heavy atom. The number of fused-ring (bicyclic) bond motifs is 5. The van der Waals surface area contributed by atoms with Crippen molar-refractivity contribution in [3.8, 4) is 0 Å². The molecule has 0 fully saturated rings. The molecule has 2 heterocycles. The second-order valence-corrected chi connectivity index (χ2v) is 6.35. The van der Waals surface area contributed by atoms with Crippen LogP contribution in [-0.2, 0) is 11.2 Å². The number of carbonyl (C=O) groups excluding carboxylic acids is 1. The highest BCUT2D eigenvalue weighted by Gasteiger charge is 2.36. The van der Waals surface area contributed by atoms with E-state index in [2.05, 4.69) is 0 Å². The van der Waals surface area contributed by atoms with Gasteiger partial charge in [-0.05, 0) is 18.1 Å². The number of anilines is 1. The number of benzene rings is 2. The van der Waals surface area contributed by atoms with Crippen LogP contribution in [0, 0.1) is 16.0 Å². The average Bonchev–Trinajstić information content (AvgIpc) is 3.13. The molecule has 0 atom stereocenters. The van der Waals surface area contributed by atoms with Crippen molar-refractivity contribution < 1.29 is 14.1 Å². The van der Waals surface area contributed by atoms with Gasteiger partial charge in [-0.3, -0.25) is 14.9 Å². The molecule has 0 aliphatic carbocycles. The Labute approximate surface area is 137 Å². The van der Waals surface area contributed by atoms with Crippen molar-refractivity contribution in [1.82, 2.24) is 0 Å². The summed E-state index contributed by atoms with van der Waals surface area (Å²) in [6.45, 7) is 4.07. The normalized spacial score (nSPS) is 13.9. The van der Waals surface area contributed by atoms with Gasteiger partial charge in [0.05, 0.1) is 11.0 Å². The first-order valence-corrected chi connectivity index (χ1v) is 7.92. The van der Waals surface area contributed by atoms with Crippen LogP contribution in [0.4, 0.5) is 11.4 Å². The van der Waals surface area contributed by atoms with Crippen LogP contribution in [0.1, 0.15) is 19.4 Å². The van der Waals surface area contributed by atoms with E-state index in [0.717, 1.165) is 16.3 Å². The summed E-state index contributed by atoms with van der Waals surface area (Å²) >= 11 is 0. The molecule has 1 aliphatic rings. The summed E-state index contributed by atoms with van der Waals surface area (Å²) in [7, 11) is 0. The fourth-order valence-corrected chi connectivity index (χ4v) is 3.49. The second-order valence-electron chi connectivity index (χ2n) is 6.35. The van der Waals surface area contributed by atoms with Gasteiger partial charge >= 0.3 is 0 Å². The number of nitrogens with zero attached hydrogens (tertiary/aromatic N) is 2. The third-order valence-electron chi connectivity index (χ3n) is 4.53. The fourth-order valence-electron chi connectivity index (χ4n) is 3.49. The average molecular weight is 324 g/mol. The molecule has 0 saturated heterocycles. The first-order valence-electron chi connectivity index (χ1n) is 7.92. The SMILES string of the molecule is CC(C)C(=O)N1CCc2c1c([N+](=O)[O-])cc1oc3ccccc3c21. The molecular weight excluding hydrogens is 308 g/mol. The summed E-state index contributed by atoms with van der Waals surface area (Å²) in [5, 5.41) is 13.4. The summed E-state index contributed by atoms with van der Waals surface area (Å²) in [4.78, 5) is 25.2. The highest BCUT2D eigenvalue weighted by molar-refractivity contribution is 6.13. The van der Waals surface area contributed by atoms with Crippen LogP contribution in [-0.4, -0.2) is 17.4 Å². The molecule has 4 rings (SSSR count). The van der Waals surface area contributed by atoms with Crippen LogP contribution in [0.25, 0.3) is 21.9 Å². The number of furan rings is 1. The highest BCUT2D eigenvalue weighted by atomic mass is 16.6. The van der Waals surface area contributed by atoms with E-state index >= 15 is 0 Å². The lowest BCUT2D eigenvalue weighted by atomic mass is 10.0. The molecule has 6 heteroatoms. The van der Waals surface area contributed by atoms with Crippen molar-refractivity contribution in [2.45, 2.75) is 20.3 Å². The van der Waals surface area contributed by atoms with Crippen molar-refractivity contribution in [3.05, 3.63) is 46.0 Å². The first-order chi connectivity index (χ1) is 11.5. The van der Waals surface area contributed by atoms with Crippen molar-refractivity contribution in [3.63, 3.8) is 0 Å². The standard InChI is InChI=1S/C18H16N2O4/c1-10(2)18(21)19-8-7-12-16-11-5-3-4-6-14(11)24-15(16)9-13(17(12)19)20(22)23/h3-6,9-10H,7-8H2,1-2H3. The largest absolute Gasteiger partial charge is 0.456 e. The number of nitro benzene ring substituents is 1. The van der Waals surface area contributed by atoms with Gasteiger partial charge in [0.15, 0.2) is 0 Å². The summed E-state index contributed by atoms with van der Waals surface area (Å²) in [5.41, 5.74) is 2.39. The van der Waals surface area contributed by atoms with E-state index in [1.165, 1.54) is 6.07 Å². The second kappa shape index (κ2) is 5.06. The molecule has 1 aromatic heterocycles. The minimum atomic E-state index is -0.433. The number of carbonyl (C=O) groups is 1. The fraction of sp³-hybridized carbons (Fsp3) is 0.278. The van der Waals surface area contributed by atoms with E-state index in [1.54, 1.807) is 18.7 Å². The molecule has 0 unspecified atom stereocenters. The van der Waals surface area contributed by atoms with Crippen molar-refractivity contribution in [1.29, 1.82) is 0 Å². The summed E-state index contributed by atoms with van der Waals surface area (Å²) < 4.78 is 5.80. The molecule has 0 radical (unpaired) electrons. The van der Waals surface area contributed by atoms with Crippen molar-refractivity contribution in [2.75, 3.05) is 11.4 Å². The van der Waals surface area contributed by atoms with E-state index < -0.39 is 4.92 Å². The van der Waals surface area contributed by atoms with E-state index in [9.17, 15) is 14.9 Å². The van der Waals surface area contributed by atoms with Crippen LogP contribution in [0.3, 0.4) is 0 Å². The van der Waals surface area contributed by atoms with Crippen LogP contribution in [0.15, 0.2) is 34.7 Å². The Balaban J connectivity index is 2.08. The van der Waals surface area contributed by atoms with Gasteiger partial charge in [-0.1, -0.05) is 32.0 Å². The Morgan fingerprint density at radius 2 is 2.04 bits per heavy atom. The third-order valence-corrected chi connectivity index (χ3v) is 4.53. The molecule has 0 bridgehead atoms. The zero-order chi connectivity index (χ0) is 17.0. The van der Waals surface area contributed by atoms with Gasteiger partial charge in [-0.2, -0.15) is 0 Å². The number of amides is 1. The van der Waals surface area contributed by atoms with Gasteiger partial charge in [-0.15, -0.1) is 0 Å². The minimum Gasteiger partial charge on any atom is -0.456 e. The first kappa shape index (κ1) is 14.7. The highest BCUT2D eigenvalue weighted by Crippen LogP contribution is 2.45. The van der Waals surface area contributed by atoms with Crippen LogP contribution in [0.5, 0.6) is 0 Å². The lowest BCUT2D eigenvalue weighted by Crippen LogP contribution is -2.32. The molecule has 3 aromatic rings. The molecular formula is C18H16N2O4. The zero-order valence-electron chi connectivity index (χ0n) is 13.4. The van der Waals surface area contributed by atoms with Gasteiger partial charge in [0, 0.05) is 23.2 Å². The van der Waals surface area contributed by atoms with Crippen LogP contribution in [0.2, 0.25) is 0 Å². The topological polar surface area (TPSA) is 76.6 Å². The van der Waals surface area contributed by atoms with E-state index in [1.807, 2.05) is 24.3 Å². The lowest BCUT2D eigenvalue weighted by molar-refractivity contribution is -0.384. The molecule has 0 spiro atoms. The Morgan fingerprint density at radius 1 is 1.29 bits per heavy atom. The van der Waals surface area contributed by atoms with Gasteiger partial charge in [0.25, 0.3) is 5.69 Å². The van der Waals surface area contributed by atoms with Crippen LogP contribution < -0.4 is 4.90 Å². The monoisotopic (exact) mass is 324 g/mol. The Kier molecular flexibility index (Phi) is 3.09. The number of nitro groups is 1. The molecule has 2 aromatic carbocycles. The molecule has 1 aliphatic heterocycles. The molecule has 1 amide bonds. The molecule has 0 saturated carbocycles. The maximum atomic E-state index is 12.5. The number of para-hydroxylation sites is 1. The van der Waals surface area contributed by atoms with Gasteiger partial charge in [-0.25, -0.2) is 0 Å².